The summed E-state index contributed by atoms with van der Waals surface area (Å²) in [5.41, 5.74) is 7.61. The minimum Gasteiger partial charge on any atom is -0.391 e. The van der Waals surface area contributed by atoms with Crippen LogP contribution in [0.5, 0.6) is 0 Å². The summed E-state index contributed by atoms with van der Waals surface area (Å²) in [6.45, 7) is 2.08. The summed E-state index contributed by atoms with van der Waals surface area (Å²) in [5.74, 6) is 0. The smallest absolute Gasteiger partial charge is 0.0735 e. The van der Waals surface area contributed by atoms with Gasteiger partial charge in [-0.25, -0.2) is 0 Å². The van der Waals surface area contributed by atoms with Crippen LogP contribution in [-0.4, -0.2) is 54.3 Å². The second-order valence-corrected chi connectivity index (χ2v) is 5.17. The third-order valence-electron chi connectivity index (χ3n) is 3.31. The first-order chi connectivity index (χ1) is 8.60. The molecule has 0 bridgehead atoms. The van der Waals surface area contributed by atoms with E-state index in [1.165, 1.54) is 0 Å². The molecular weight excluding hydrogens is 228 g/mol. The number of β-amino-alcohol motifs (C(OH)–C–C–N with tert-alkyl or cyclic N) is 1. The van der Waals surface area contributed by atoms with Crippen molar-refractivity contribution in [1.82, 2.24) is 9.88 Å². The van der Waals surface area contributed by atoms with Gasteiger partial charge in [-0.3, -0.25) is 4.98 Å². The third-order valence-corrected chi connectivity index (χ3v) is 3.31. The number of pyridine rings is 1. The van der Waals surface area contributed by atoms with Crippen molar-refractivity contribution in [3.63, 3.8) is 0 Å². The van der Waals surface area contributed by atoms with Gasteiger partial charge in [0.25, 0.3) is 0 Å². The molecule has 0 aliphatic carbocycles. The first kappa shape index (κ1) is 13.3. The average molecular weight is 250 g/mol. The summed E-state index contributed by atoms with van der Waals surface area (Å²) in [4.78, 5) is 8.62. The van der Waals surface area contributed by atoms with E-state index in [1.807, 2.05) is 12.1 Å². The number of likely N-dealkylation sites (N-methyl/N-ethyl adjacent to an activating group) is 1. The van der Waals surface area contributed by atoms with E-state index in [4.69, 9.17) is 5.73 Å². The molecule has 2 rings (SSSR count). The monoisotopic (exact) mass is 250 g/mol. The largest absolute Gasteiger partial charge is 0.391 e. The fourth-order valence-corrected chi connectivity index (χ4v) is 2.56. The van der Waals surface area contributed by atoms with Gasteiger partial charge in [0.15, 0.2) is 0 Å². The molecule has 2 atom stereocenters. The van der Waals surface area contributed by atoms with Gasteiger partial charge in [0, 0.05) is 37.6 Å². The third kappa shape index (κ3) is 2.98. The van der Waals surface area contributed by atoms with Crippen LogP contribution in [0.4, 0.5) is 5.69 Å². The van der Waals surface area contributed by atoms with E-state index in [0.29, 0.717) is 19.1 Å². The molecule has 1 aliphatic heterocycles. The molecule has 0 amide bonds. The lowest BCUT2D eigenvalue weighted by Gasteiger charge is -2.28. The minimum atomic E-state index is -0.246. The van der Waals surface area contributed by atoms with E-state index in [0.717, 1.165) is 24.3 Å². The second kappa shape index (κ2) is 5.65. The van der Waals surface area contributed by atoms with Crippen molar-refractivity contribution in [2.24, 2.45) is 5.73 Å². The normalized spacial score (nSPS) is 23.9. The molecule has 18 heavy (non-hydrogen) atoms. The Labute approximate surface area is 108 Å². The summed E-state index contributed by atoms with van der Waals surface area (Å²) in [6, 6.07) is 4.35. The molecule has 1 aliphatic rings. The number of rotatable bonds is 4. The minimum absolute atomic E-state index is 0.246. The fourth-order valence-electron chi connectivity index (χ4n) is 2.56. The Morgan fingerprint density at radius 3 is 3.00 bits per heavy atom. The molecule has 5 heteroatoms. The van der Waals surface area contributed by atoms with Crippen LogP contribution >= 0.6 is 0 Å². The van der Waals surface area contributed by atoms with Crippen molar-refractivity contribution < 1.29 is 5.11 Å². The Morgan fingerprint density at radius 1 is 1.56 bits per heavy atom. The van der Waals surface area contributed by atoms with Gasteiger partial charge in [-0.05, 0) is 32.6 Å². The summed E-state index contributed by atoms with van der Waals surface area (Å²) in [7, 11) is 4.11. The number of nitrogens with zero attached hydrogens (tertiary/aromatic N) is 3. The molecule has 0 spiro atoms. The molecule has 1 saturated heterocycles. The van der Waals surface area contributed by atoms with Gasteiger partial charge in [-0.15, -0.1) is 0 Å². The first-order valence-corrected chi connectivity index (χ1v) is 6.34. The maximum atomic E-state index is 9.87. The van der Waals surface area contributed by atoms with Crippen molar-refractivity contribution >= 4 is 5.69 Å². The van der Waals surface area contributed by atoms with Gasteiger partial charge in [-0.1, -0.05) is 0 Å². The molecule has 3 N–H and O–H groups in total. The molecule has 1 fully saturated rings. The maximum Gasteiger partial charge on any atom is 0.0735 e. The maximum absolute atomic E-state index is 9.87. The number of anilines is 1. The Morgan fingerprint density at radius 2 is 2.33 bits per heavy atom. The van der Waals surface area contributed by atoms with Gasteiger partial charge < -0.3 is 20.6 Å². The zero-order valence-electron chi connectivity index (χ0n) is 11.1. The standard InChI is InChI=1S/C13H22N4O/c1-16(2)8-12-6-13(18)9-17(12)11-3-4-15-10(5-11)7-14/h3-5,12-13,18H,6-9,14H2,1-2H3. The highest BCUT2D eigenvalue weighted by molar-refractivity contribution is 5.49. The molecule has 5 nitrogen and oxygen atoms in total. The van der Waals surface area contributed by atoms with Gasteiger partial charge in [0.05, 0.1) is 11.8 Å². The molecule has 1 aromatic rings. The second-order valence-electron chi connectivity index (χ2n) is 5.17. The van der Waals surface area contributed by atoms with Gasteiger partial charge in [0.2, 0.25) is 0 Å². The highest BCUT2D eigenvalue weighted by Crippen LogP contribution is 2.26. The topological polar surface area (TPSA) is 65.6 Å². The summed E-state index contributed by atoms with van der Waals surface area (Å²) >= 11 is 0. The van der Waals surface area contributed by atoms with Crippen molar-refractivity contribution in [3.05, 3.63) is 24.0 Å². The van der Waals surface area contributed by atoms with Gasteiger partial charge in [-0.2, -0.15) is 0 Å². The average Bonchev–Trinajstić information content (AvgIpc) is 2.69. The van der Waals surface area contributed by atoms with E-state index in [-0.39, 0.29) is 6.10 Å². The zero-order chi connectivity index (χ0) is 13.1. The first-order valence-electron chi connectivity index (χ1n) is 6.34. The fraction of sp³-hybridized carbons (Fsp3) is 0.615. The van der Waals surface area contributed by atoms with Crippen molar-refractivity contribution in [3.8, 4) is 0 Å². The summed E-state index contributed by atoms with van der Waals surface area (Å²) < 4.78 is 0. The molecule has 100 valence electrons. The summed E-state index contributed by atoms with van der Waals surface area (Å²) in [6.07, 6.45) is 2.36. The molecule has 0 aromatic carbocycles. The molecule has 2 heterocycles. The SMILES string of the molecule is CN(C)CC1CC(O)CN1c1ccnc(CN)c1. The molecule has 2 unspecified atom stereocenters. The number of aromatic nitrogens is 1. The van der Waals surface area contributed by atoms with Crippen LogP contribution in [0.3, 0.4) is 0 Å². The molecular formula is C13H22N4O. The van der Waals surface area contributed by atoms with Crippen LogP contribution in [0.25, 0.3) is 0 Å². The molecule has 0 saturated carbocycles. The van der Waals surface area contributed by atoms with E-state index in [1.54, 1.807) is 6.20 Å². The Bertz CT molecular complexity index is 396. The van der Waals surface area contributed by atoms with E-state index in [9.17, 15) is 5.11 Å². The molecule has 1 aromatic heterocycles. The van der Waals surface area contributed by atoms with E-state index >= 15 is 0 Å². The number of aliphatic hydroxyl groups excluding tert-OH is 1. The quantitative estimate of drug-likeness (QED) is 0.790. The summed E-state index contributed by atoms with van der Waals surface area (Å²) in [5, 5.41) is 9.87. The van der Waals surface area contributed by atoms with E-state index in [2.05, 4.69) is 28.9 Å². The van der Waals surface area contributed by atoms with E-state index < -0.39 is 0 Å². The number of nitrogens with two attached hydrogens (primary N) is 1. The van der Waals surface area contributed by atoms with Crippen molar-refractivity contribution in [1.29, 1.82) is 0 Å². The van der Waals surface area contributed by atoms with Crippen molar-refractivity contribution in [2.75, 3.05) is 32.1 Å². The zero-order valence-corrected chi connectivity index (χ0v) is 11.1. The Kier molecular flexibility index (Phi) is 4.16. The van der Waals surface area contributed by atoms with Crippen LogP contribution < -0.4 is 10.6 Å². The molecule has 0 radical (unpaired) electrons. The number of hydrogen-bond donors (Lipinski definition) is 2. The highest BCUT2D eigenvalue weighted by atomic mass is 16.3. The van der Waals surface area contributed by atoms with Crippen LogP contribution in [0.1, 0.15) is 12.1 Å². The van der Waals surface area contributed by atoms with Crippen LogP contribution in [-0.2, 0) is 6.54 Å². The Hall–Kier alpha value is -1.17. The lowest BCUT2D eigenvalue weighted by Crippen LogP contribution is -2.37. The number of hydrogen-bond acceptors (Lipinski definition) is 5. The Balaban J connectivity index is 2.18. The number of aliphatic hydroxyl groups is 1. The highest BCUT2D eigenvalue weighted by Gasteiger charge is 2.31. The van der Waals surface area contributed by atoms with Crippen LogP contribution in [0.2, 0.25) is 0 Å². The lowest BCUT2D eigenvalue weighted by molar-refractivity contribution is 0.191. The predicted molar refractivity (Wildman–Crippen MR) is 72.4 cm³/mol. The van der Waals surface area contributed by atoms with Crippen LogP contribution in [0.15, 0.2) is 18.3 Å². The van der Waals surface area contributed by atoms with Crippen molar-refractivity contribution in [2.45, 2.75) is 25.1 Å². The predicted octanol–water partition coefficient (Wildman–Crippen LogP) is 0.0415. The van der Waals surface area contributed by atoms with Gasteiger partial charge >= 0.3 is 0 Å². The lowest BCUT2D eigenvalue weighted by atomic mass is 10.2. The van der Waals surface area contributed by atoms with Crippen LogP contribution in [0, 0.1) is 0 Å². The van der Waals surface area contributed by atoms with Gasteiger partial charge in [0.1, 0.15) is 0 Å².